The van der Waals surface area contributed by atoms with Crippen LogP contribution in [-0.4, -0.2) is 89.4 Å². The molecule has 2 fully saturated rings. The number of pyridine rings is 1. The number of likely N-dealkylation sites (tertiary alicyclic amines) is 1. The Kier molecular flexibility index (Phi) is 8.59. The average Bonchev–Trinajstić information content (AvgIpc) is 2.96. The monoisotopic (exact) mass is 625 g/mol. The number of carbonyl (C=O) groups is 4. The largest absolute Gasteiger partial charge is 0.481 e. The summed E-state index contributed by atoms with van der Waals surface area (Å²) < 4.78 is 5.55. The summed E-state index contributed by atoms with van der Waals surface area (Å²) in [6.07, 6.45) is 0. The average molecular weight is 626 g/mol. The summed E-state index contributed by atoms with van der Waals surface area (Å²) in [4.78, 5) is 57.8. The van der Waals surface area contributed by atoms with E-state index < -0.39 is 29.7 Å². The molecule has 0 radical (unpaired) electrons. The molecule has 3 heterocycles. The number of rotatable bonds is 8. The first-order valence-corrected chi connectivity index (χ1v) is 14.2. The van der Waals surface area contributed by atoms with E-state index >= 15 is 0 Å². The van der Waals surface area contributed by atoms with Gasteiger partial charge in [0.1, 0.15) is 5.92 Å². The van der Waals surface area contributed by atoms with Crippen LogP contribution in [0.3, 0.4) is 0 Å². The molecule has 2 aromatic carbocycles. The fourth-order valence-corrected chi connectivity index (χ4v) is 5.82. The van der Waals surface area contributed by atoms with Crippen LogP contribution in [0.15, 0.2) is 48.5 Å². The lowest BCUT2D eigenvalue weighted by Crippen LogP contribution is -2.56. The minimum atomic E-state index is -1.08. The molecule has 1 aromatic heterocycles. The normalized spacial score (nSPS) is 17.6. The number of hydrogen-bond donors (Lipinski definition) is 2. The van der Waals surface area contributed by atoms with E-state index in [2.05, 4.69) is 10.3 Å². The Balaban J connectivity index is 1.39. The van der Waals surface area contributed by atoms with Gasteiger partial charge in [0.15, 0.2) is 0 Å². The Hall–Kier alpha value is -4.19. The molecule has 4 amide bonds. The Morgan fingerprint density at radius 1 is 0.977 bits per heavy atom. The van der Waals surface area contributed by atoms with E-state index in [0.717, 1.165) is 10.5 Å². The van der Waals surface area contributed by atoms with Gasteiger partial charge < -0.3 is 20.1 Å². The Morgan fingerprint density at radius 2 is 1.63 bits per heavy atom. The number of nitrogens with zero attached hydrogens (tertiary/aromatic N) is 4. The molecule has 5 rings (SSSR count). The van der Waals surface area contributed by atoms with Crippen molar-refractivity contribution in [3.63, 3.8) is 0 Å². The number of hydrogen-bond acceptors (Lipinski definition) is 7. The SMILES string of the molecule is COc1nc(-c2cccc(-c3cccc(NC(=O)C4CN(C)C(=O)N(C)C4=O)c3Cl)c2Cl)ccc1CN1CC(C(=O)O)C1. The Labute approximate surface area is 257 Å². The summed E-state index contributed by atoms with van der Waals surface area (Å²) in [5.41, 5.74) is 3.48. The molecule has 1 unspecified atom stereocenters. The number of aliphatic carboxylic acids is 1. The molecule has 43 heavy (non-hydrogen) atoms. The van der Waals surface area contributed by atoms with Gasteiger partial charge in [-0.1, -0.05) is 59.6 Å². The summed E-state index contributed by atoms with van der Waals surface area (Å²) in [5, 5.41) is 12.5. The second-order valence-corrected chi connectivity index (χ2v) is 11.3. The topological polar surface area (TPSA) is 132 Å². The van der Waals surface area contributed by atoms with Gasteiger partial charge in [0.2, 0.25) is 17.7 Å². The number of nitrogens with one attached hydrogen (secondary N) is 1. The summed E-state index contributed by atoms with van der Waals surface area (Å²) in [6, 6.07) is 13.8. The number of carbonyl (C=O) groups excluding carboxylic acids is 3. The van der Waals surface area contributed by atoms with Gasteiger partial charge in [-0.05, 0) is 12.1 Å². The highest BCUT2D eigenvalue weighted by atomic mass is 35.5. The van der Waals surface area contributed by atoms with Crippen LogP contribution in [-0.2, 0) is 20.9 Å². The predicted molar refractivity (Wildman–Crippen MR) is 161 cm³/mol. The van der Waals surface area contributed by atoms with Gasteiger partial charge in [0.05, 0.1) is 34.5 Å². The van der Waals surface area contributed by atoms with Crippen molar-refractivity contribution in [1.29, 1.82) is 0 Å². The fourth-order valence-electron chi connectivity index (χ4n) is 5.22. The number of anilines is 1. The van der Waals surface area contributed by atoms with Crippen molar-refractivity contribution >= 4 is 52.7 Å². The maximum Gasteiger partial charge on any atom is 0.326 e. The Bertz CT molecular complexity index is 1630. The maximum atomic E-state index is 13.1. The molecular weight excluding hydrogens is 597 g/mol. The Morgan fingerprint density at radius 3 is 2.30 bits per heavy atom. The van der Waals surface area contributed by atoms with E-state index in [9.17, 15) is 19.2 Å². The fraction of sp³-hybridized carbons (Fsp3) is 0.300. The van der Waals surface area contributed by atoms with Crippen LogP contribution in [0, 0.1) is 11.8 Å². The van der Waals surface area contributed by atoms with Crippen LogP contribution in [0.25, 0.3) is 22.4 Å². The number of amides is 4. The van der Waals surface area contributed by atoms with Crippen molar-refractivity contribution in [2.75, 3.05) is 46.2 Å². The molecule has 0 saturated carbocycles. The zero-order valence-electron chi connectivity index (χ0n) is 23.6. The zero-order valence-corrected chi connectivity index (χ0v) is 25.1. The van der Waals surface area contributed by atoms with E-state index in [1.54, 1.807) is 24.3 Å². The lowest BCUT2D eigenvalue weighted by molar-refractivity contribution is -0.148. The van der Waals surface area contributed by atoms with Gasteiger partial charge in [-0.15, -0.1) is 0 Å². The minimum absolute atomic E-state index is 0.0465. The maximum absolute atomic E-state index is 13.1. The number of carboxylic acids is 1. The highest BCUT2D eigenvalue weighted by molar-refractivity contribution is 6.39. The second-order valence-electron chi connectivity index (χ2n) is 10.5. The number of carboxylic acid groups (broad SMARTS) is 1. The van der Waals surface area contributed by atoms with Crippen LogP contribution < -0.4 is 10.1 Å². The first-order chi connectivity index (χ1) is 20.5. The number of ether oxygens (including phenoxy) is 1. The van der Waals surface area contributed by atoms with Crippen LogP contribution in [0.2, 0.25) is 10.0 Å². The third-order valence-corrected chi connectivity index (χ3v) is 8.48. The highest BCUT2D eigenvalue weighted by Crippen LogP contribution is 2.41. The van der Waals surface area contributed by atoms with Crippen LogP contribution in [0.1, 0.15) is 5.56 Å². The van der Waals surface area contributed by atoms with Crippen molar-refractivity contribution in [3.8, 4) is 28.3 Å². The molecule has 13 heteroatoms. The number of imide groups is 1. The standard InChI is InChI=1S/C30H29Cl2N5O6/c1-35-15-21(28(39)36(2)30(35)42)26(38)33-23-9-5-7-19(25(23)32)18-6-4-8-20(24(18)31)22-11-10-16(27(34-22)43-3)12-37-13-17(14-37)29(40)41/h4-11,17,21H,12-15H2,1-3H3,(H,33,38)(H,40,41). The number of halogens is 2. The van der Waals surface area contributed by atoms with E-state index in [1.165, 1.54) is 26.1 Å². The van der Waals surface area contributed by atoms with Gasteiger partial charge in [0.25, 0.3) is 0 Å². The second kappa shape index (κ2) is 12.2. The van der Waals surface area contributed by atoms with Crippen molar-refractivity contribution in [1.82, 2.24) is 19.7 Å². The van der Waals surface area contributed by atoms with E-state index in [4.69, 9.17) is 33.0 Å². The highest BCUT2D eigenvalue weighted by Gasteiger charge is 2.39. The molecule has 0 aliphatic carbocycles. The third-order valence-electron chi connectivity index (χ3n) is 7.67. The van der Waals surface area contributed by atoms with Crippen LogP contribution >= 0.6 is 23.2 Å². The molecule has 3 aromatic rings. The van der Waals surface area contributed by atoms with Gasteiger partial charge in [-0.3, -0.25) is 24.2 Å². The first-order valence-electron chi connectivity index (χ1n) is 13.4. The number of urea groups is 1. The van der Waals surface area contributed by atoms with Crippen LogP contribution in [0.4, 0.5) is 10.5 Å². The molecular formula is C30H29Cl2N5O6. The lowest BCUT2D eigenvalue weighted by Gasteiger charge is -2.36. The minimum Gasteiger partial charge on any atom is -0.481 e. The van der Waals surface area contributed by atoms with Crippen LogP contribution in [0.5, 0.6) is 5.88 Å². The summed E-state index contributed by atoms with van der Waals surface area (Å²) in [5.74, 6) is -2.99. The molecule has 1 atom stereocenters. The van der Waals surface area contributed by atoms with Gasteiger partial charge >= 0.3 is 12.0 Å². The van der Waals surface area contributed by atoms with Gasteiger partial charge in [0, 0.05) is 62.5 Å². The molecule has 2 aliphatic heterocycles. The summed E-state index contributed by atoms with van der Waals surface area (Å²) in [6.45, 7) is 1.41. The smallest absolute Gasteiger partial charge is 0.326 e. The molecule has 224 valence electrons. The van der Waals surface area contributed by atoms with E-state index in [0.29, 0.717) is 58.6 Å². The van der Waals surface area contributed by atoms with Crippen molar-refractivity contribution < 1.29 is 29.0 Å². The summed E-state index contributed by atoms with van der Waals surface area (Å²) in [7, 11) is 4.39. The molecule has 2 saturated heterocycles. The molecule has 2 aliphatic rings. The zero-order chi connectivity index (χ0) is 31.0. The number of aromatic nitrogens is 1. The van der Waals surface area contributed by atoms with E-state index in [1.807, 2.05) is 29.2 Å². The van der Waals surface area contributed by atoms with Crippen molar-refractivity contribution in [2.24, 2.45) is 11.8 Å². The van der Waals surface area contributed by atoms with Gasteiger partial charge in [-0.25, -0.2) is 9.78 Å². The lowest BCUT2D eigenvalue weighted by atomic mass is 9.99. The molecule has 0 spiro atoms. The predicted octanol–water partition coefficient (Wildman–Crippen LogP) is 4.33. The molecule has 0 bridgehead atoms. The van der Waals surface area contributed by atoms with Crippen molar-refractivity contribution in [2.45, 2.75) is 6.54 Å². The van der Waals surface area contributed by atoms with Gasteiger partial charge in [-0.2, -0.15) is 0 Å². The molecule has 11 nitrogen and oxygen atoms in total. The quantitative estimate of drug-likeness (QED) is 0.354. The molecule has 2 N–H and O–H groups in total. The number of benzene rings is 2. The van der Waals surface area contributed by atoms with Crippen molar-refractivity contribution in [3.05, 3.63) is 64.1 Å². The third kappa shape index (κ3) is 5.88. The number of methoxy groups -OCH3 is 1. The first kappa shape index (κ1) is 30.3. The van der Waals surface area contributed by atoms with E-state index in [-0.39, 0.29) is 17.5 Å². The summed E-state index contributed by atoms with van der Waals surface area (Å²) >= 11 is 13.7.